The van der Waals surface area contributed by atoms with E-state index >= 15 is 0 Å². The van der Waals surface area contributed by atoms with E-state index in [1.54, 1.807) is 0 Å². The summed E-state index contributed by atoms with van der Waals surface area (Å²) < 4.78 is 2.06. The second-order valence-corrected chi connectivity index (χ2v) is 7.17. The van der Waals surface area contributed by atoms with Gasteiger partial charge in [-0.3, -0.25) is 0 Å². The van der Waals surface area contributed by atoms with Gasteiger partial charge in [0.15, 0.2) is 0 Å². The molecule has 1 saturated carbocycles. The van der Waals surface area contributed by atoms with Crippen molar-refractivity contribution in [3.05, 3.63) is 11.9 Å². The number of aromatic nitrogens is 3. The topological polar surface area (TPSA) is 30.7 Å². The lowest BCUT2D eigenvalue weighted by atomic mass is 9.67. The maximum Gasteiger partial charge on any atom is 0.0730 e. The van der Waals surface area contributed by atoms with Crippen molar-refractivity contribution in [3.8, 4) is 0 Å². The Balaban J connectivity index is 2.23. The number of hydrogen-bond donors (Lipinski definition) is 0. The monoisotopic (exact) mass is 283 g/mol. The van der Waals surface area contributed by atoms with Gasteiger partial charge in [0, 0.05) is 17.3 Å². The molecule has 2 rings (SSSR count). The van der Waals surface area contributed by atoms with Crippen molar-refractivity contribution >= 4 is 11.6 Å². The Kier molecular flexibility index (Phi) is 4.54. The average molecular weight is 284 g/mol. The largest absolute Gasteiger partial charge is 0.249 e. The van der Waals surface area contributed by atoms with Gasteiger partial charge in [-0.15, -0.1) is 16.7 Å². The summed E-state index contributed by atoms with van der Waals surface area (Å²) in [5, 5.41) is 8.61. The fourth-order valence-corrected chi connectivity index (χ4v) is 4.19. The van der Waals surface area contributed by atoms with Gasteiger partial charge in [-0.05, 0) is 31.1 Å². The first-order chi connectivity index (χ1) is 8.96. The maximum absolute atomic E-state index is 6.66. The first-order valence-corrected chi connectivity index (χ1v) is 7.93. The summed E-state index contributed by atoms with van der Waals surface area (Å²) in [6.07, 6.45) is 6.63. The van der Waals surface area contributed by atoms with Crippen molar-refractivity contribution in [3.63, 3.8) is 0 Å². The second kappa shape index (κ2) is 5.82. The van der Waals surface area contributed by atoms with Gasteiger partial charge in [0.25, 0.3) is 0 Å². The first-order valence-electron chi connectivity index (χ1n) is 7.49. The maximum atomic E-state index is 6.66. The third-order valence-electron chi connectivity index (χ3n) is 4.67. The molecule has 3 atom stereocenters. The number of rotatable bonds is 4. The minimum atomic E-state index is 0.0469. The minimum Gasteiger partial charge on any atom is -0.249 e. The van der Waals surface area contributed by atoms with Crippen molar-refractivity contribution in [2.24, 2.45) is 11.8 Å². The van der Waals surface area contributed by atoms with Crippen LogP contribution >= 0.6 is 11.6 Å². The number of hydrogen-bond acceptors (Lipinski definition) is 2. The highest BCUT2D eigenvalue weighted by Gasteiger charge is 2.41. The van der Waals surface area contributed by atoms with E-state index in [1.807, 2.05) is 6.20 Å². The zero-order valence-corrected chi connectivity index (χ0v) is 13.3. The van der Waals surface area contributed by atoms with Crippen LogP contribution in [-0.4, -0.2) is 20.4 Å². The fourth-order valence-electron chi connectivity index (χ4n) is 3.45. The molecule has 1 aliphatic carbocycles. The lowest BCUT2D eigenvalue weighted by Gasteiger charge is -2.41. The van der Waals surface area contributed by atoms with Crippen molar-refractivity contribution in [1.82, 2.24) is 15.0 Å². The molecule has 0 aliphatic heterocycles. The van der Waals surface area contributed by atoms with Crippen LogP contribution in [0.1, 0.15) is 59.1 Å². The van der Waals surface area contributed by atoms with Crippen LogP contribution in [0.2, 0.25) is 0 Å². The van der Waals surface area contributed by atoms with E-state index in [-0.39, 0.29) is 10.8 Å². The molecule has 0 spiro atoms. The normalized spacial score (nSPS) is 28.6. The summed E-state index contributed by atoms with van der Waals surface area (Å²) >= 11 is 6.66. The minimum absolute atomic E-state index is 0.0469. The molecule has 0 bridgehead atoms. The Morgan fingerprint density at radius 1 is 1.42 bits per heavy atom. The zero-order valence-electron chi connectivity index (χ0n) is 12.6. The quantitative estimate of drug-likeness (QED) is 0.782. The van der Waals surface area contributed by atoms with Gasteiger partial charge < -0.3 is 0 Å². The number of halogens is 1. The van der Waals surface area contributed by atoms with Crippen LogP contribution in [0, 0.1) is 11.8 Å². The summed E-state index contributed by atoms with van der Waals surface area (Å²) in [4.78, 5) is 0. The standard InChI is InChI=1S/C15H26ClN3/c1-5-8-19-14(10-17-18-19)15(3,4)12-7-6-11(2)9-13(12)16/h10-13H,5-9H2,1-4H3. The molecule has 3 unspecified atom stereocenters. The Bertz CT molecular complexity index is 413. The molecule has 0 amide bonds. The van der Waals surface area contributed by atoms with Gasteiger partial charge >= 0.3 is 0 Å². The molecule has 19 heavy (non-hydrogen) atoms. The van der Waals surface area contributed by atoms with E-state index in [0.29, 0.717) is 5.92 Å². The molecule has 1 aromatic rings. The molecule has 0 saturated heterocycles. The van der Waals surface area contributed by atoms with Gasteiger partial charge in [0.1, 0.15) is 0 Å². The van der Waals surface area contributed by atoms with Crippen LogP contribution in [0.15, 0.2) is 6.20 Å². The molecule has 108 valence electrons. The number of alkyl halides is 1. The second-order valence-electron chi connectivity index (χ2n) is 6.60. The SMILES string of the molecule is CCCn1nncc1C(C)(C)C1CCC(C)CC1Cl. The first kappa shape index (κ1) is 14.8. The van der Waals surface area contributed by atoms with Gasteiger partial charge in [-0.1, -0.05) is 39.3 Å². The predicted molar refractivity (Wildman–Crippen MR) is 79.5 cm³/mol. The van der Waals surface area contributed by atoms with E-state index in [9.17, 15) is 0 Å². The summed E-state index contributed by atoms with van der Waals surface area (Å²) in [7, 11) is 0. The van der Waals surface area contributed by atoms with E-state index in [1.165, 1.54) is 18.5 Å². The number of nitrogens with zero attached hydrogens (tertiary/aromatic N) is 3. The molecule has 1 aliphatic rings. The molecule has 0 aromatic carbocycles. The van der Waals surface area contributed by atoms with E-state index in [2.05, 4.69) is 42.7 Å². The van der Waals surface area contributed by atoms with Crippen LogP contribution in [0.25, 0.3) is 0 Å². The van der Waals surface area contributed by atoms with Crippen LogP contribution < -0.4 is 0 Å². The molecule has 1 aromatic heterocycles. The van der Waals surface area contributed by atoms with Gasteiger partial charge in [0.05, 0.1) is 11.9 Å². The average Bonchev–Trinajstić information content (AvgIpc) is 2.78. The predicted octanol–water partition coefficient (Wildman–Crippen LogP) is 4.01. The van der Waals surface area contributed by atoms with E-state index in [4.69, 9.17) is 11.6 Å². The molecule has 4 heteroatoms. The van der Waals surface area contributed by atoms with Crippen LogP contribution in [0.4, 0.5) is 0 Å². The van der Waals surface area contributed by atoms with Gasteiger partial charge in [-0.25, -0.2) is 4.68 Å². The molecular weight excluding hydrogens is 258 g/mol. The molecular formula is C15H26ClN3. The Morgan fingerprint density at radius 2 is 2.16 bits per heavy atom. The Hall–Kier alpha value is -0.570. The number of aryl methyl sites for hydroxylation is 1. The molecule has 0 radical (unpaired) electrons. The highest BCUT2D eigenvalue weighted by molar-refractivity contribution is 6.20. The molecule has 3 nitrogen and oxygen atoms in total. The third kappa shape index (κ3) is 2.96. The van der Waals surface area contributed by atoms with Crippen molar-refractivity contribution in [2.45, 2.75) is 70.7 Å². The summed E-state index contributed by atoms with van der Waals surface area (Å²) in [6, 6.07) is 0. The highest BCUT2D eigenvalue weighted by Crippen LogP contribution is 2.44. The lowest BCUT2D eigenvalue weighted by molar-refractivity contribution is 0.198. The van der Waals surface area contributed by atoms with Gasteiger partial charge in [-0.2, -0.15) is 0 Å². The zero-order chi connectivity index (χ0) is 14.0. The van der Waals surface area contributed by atoms with E-state index in [0.717, 1.165) is 25.3 Å². The van der Waals surface area contributed by atoms with Crippen molar-refractivity contribution < 1.29 is 0 Å². The molecule has 0 N–H and O–H groups in total. The van der Waals surface area contributed by atoms with Crippen LogP contribution in [-0.2, 0) is 12.0 Å². The summed E-state index contributed by atoms with van der Waals surface area (Å²) in [5.74, 6) is 1.27. The third-order valence-corrected chi connectivity index (χ3v) is 5.16. The fraction of sp³-hybridized carbons (Fsp3) is 0.867. The van der Waals surface area contributed by atoms with Crippen molar-refractivity contribution in [1.29, 1.82) is 0 Å². The van der Waals surface area contributed by atoms with E-state index < -0.39 is 0 Å². The smallest absolute Gasteiger partial charge is 0.0730 e. The molecule has 1 heterocycles. The van der Waals surface area contributed by atoms with Crippen LogP contribution in [0.3, 0.4) is 0 Å². The molecule has 1 fully saturated rings. The lowest BCUT2D eigenvalue weighted by Crippen LogP contribution is -2.40. The Labute approximate surface area is 121 Å². The van der Waals surface area contributed by atoms with Crippen LogP contribution in [0.5, 0.6) is 0 Å². The van der Waals surface area contributed by atoms with Crippen molar-refractivity contribution in [2.75, 3.05) is 0 Å². The summed E-state index contributed by atoms with van der Waals surface area (Å²) in [6.45, 7) is 10.0. The van der Waals surface area contributed by atoms with Gasteiger partial charge in [0.2, 0.25) is 0 Å². The Morgan fingerprint density at radius 3 is 2.79 bits per heavy atom. The summed E-state index contributed by atoms with van der Waals surface area (Å²) in [5.41, 5.74) is 1.28. The highest BCUT2D eigenvalue weighted by atomic mass is 35.5.